The lowest BCUT2D eigenvalue weighted by Crippen LogP contribution is -2.03. The van der Waals surface area contributed by atoms with Crippen molar-refractivity contribution < 1.29 is 19.5 Å². The third-order valence-electron chi connectivity index (χ3n) is 1.98. The van der Waals surface area contributed by atoms with Crippen molar-refractivity contribution in [3.63, 3.8) is 0 Å². The highest BCUT2D eigenvalue weighted by atomic mass is 16.5. The number of aliphatic hydroxyl groups is 1. The standard InChI is InChI=1S/C7H7NO4/c9-3-1-2-4-5(3)6(7(10)11)8-12-4/h3,9H,1-2H2,(H,10,11). The number of aliphatic hydroxyl groups excluding tert-OH is 1. The van der Waals surface area contributed by atoms with Crippen molar-refractivity contribution >= 4 is 5.97 Å². The van der Waals surface area contributed by atoms with E-state index >= 15 is 0 Å². The summed E-state index contributed by atoms with van der Waals surface area (Å²) in [5.74, 6) is -0.652. The van der Waals surface area contributed by atoms with Crippen LogP contribution in [0.15, 0.2) is 4.52 Å². The van der Waals surface area contributed by atoms with E-state index in [1.807, 2.05) is 0 Å². The van der Waals surface area contributed by atoms with E-state index in [-0.39, 0.29) is 5.69 Å². The van der Waals surface area contributed by atoms with Crippen LogP contribution in [0.25, 0.3) is 0 Å². The van der Waals surface area contributed by atoms with Gasteiger partial charge in [0.15, 0.2) is 5.69 Å². The molecule has 1 atom stereocenters. The van der Waals surface area contributed by atoms with Gasteiger partial charge in [-0.25, -0.2) is 4.79 Å². The Kier molecular flexibility index (Phi) is 1.41. The molecule has 0 radical (unpaired) electrons. The summed E-state index contributed by atoms with van der Waals surface area (Å²) in [4.78, 5) is 10.5. The maximum atomic E-state index is 10.5. The van der Waals surface area contributed by atoms with Crippen molar-refractivity contribution in [2.45, 2.75) is 18.9 Å². The maximum absolute atomic E-state index is 10.5. The Morgan fingerprint density at radius 1 is 1.67 bits per heavy atom. The Balaban J connectivity index is 2.53. The Morgan fingerprint density at radius 2 is 2.42 bits per heavy atom. The second-order valence-electron chi connectivity index (χ2n) is 2.73. The van der Waals surface area contributed by atoms with E-state index in [0.29, 0.717) is 24.2 Å². The molecule has 2 rings (SSSR count). The first-order valence-corrected chi connectivity index (χ1v) is 3.60. The minimum absolute atomic E-state index is 0.157. The third kappa shape index (κ3) is 0.831. The van der Waals surface area contributed by atoms with Gasteiger partial charge < -0.3 is 14.7 Å². The summed E-state index contributed by atoms with van der Waals surface area (Å²) in [5.41, 5.74) is 0.192. The van der Waals surface area contributed by atoms with Gasteiger partial charge in [-0.2, -0.15) is 0 Å². The maximum Gasteiger partial charge on any atom is 0.358 e. The van der Waals surface area contributed by atoms with Crippen molar-refractivity contribution in [2.24, 2.45) is 0 Å². The number of rotatable bonds is 1. The van der Waals surface area contributed by atoms with E-state index in [4.69, 9.17) is 9.63 Å². The zero-order chi connectivity index (χ0) is 8.72. The fourth-order valence-corrected chi connectivity index (χ4v) is 1.42. The van der Waals surface area contributed by atoms with Crippen molar-refractivity contribution in [1.82, 2.24) is 5.16 Å². The average molecular weight is 169 g/mol. The summed E-state index contributed by atoms with van der Waals surface area (Å²) in [5, 5.41) is 21.3. The van der Waals surface area contributed by atoms with E-state index in [1.165, 1.54) is 0 Å². The second kappa shape index (κ2) is 2.31. The van der Waals surface area contributed by atoms with Crippen molar-refractivity contribution in [1.29, 1.82) is 0 Å². The molecule has 0 aliphatic heterocycles. The molecule has 1 heterocycles. The lowest BCUT2D eigenvalue weighted by Gasteiger charge is -1.98. The van der Waals surface area contributed by atoms with E-state index in [2.05, 4.69) is 5.16 Å². The number of aromatic carboxylic acids is 1. The fraction of sp³-hybridized carbons (Fsp3) is 0.429. The molecule has 0 saturated heterocycles. The van der Waals surface area contributed by atoms with Crippen molar-refractivity contribution in [3.05, 3.63) is 17.0 Å². The summed E-state index contributed by atoms with van der Waals surface area (Å²) < 4.78 is 4.75. The highest BCUT2D eigenvalue weighted by Crippen LogP contribution is 2.33. The first-order chi connectivity index (χ1) is 5.70. The van der Waals surface area contributed by atoms with E-state index in [0.717, 1.165) is 0 Å². The summed E-state index contributed by atoms with van der Waals surface area (Å²) in [7, 11) is 0. The van der Waals surface area contributed by atoms with Gasteiger partial charge in [-0.1, -0.05) is 5.16 Å². The first kappa shape index (κ1) is 7.30. The number of aryl methyl sites for hydroxylation is 1. The molecular weight excluding hydrogens is 162 g/mol. The predicted octanol–water partition coefficient (Wildman–Crippen LogP) is 0.352. The smallest absolute Gasteiger partial charge is 0.358 e. The third-order valence-corrected chi connectivity index (χ3v) is 1.98. The zero-order valence-corrected chi connectivity index (χ0v) is 6.15. The van der Waals surface area contributed by atoms with Gasteiger partial charge in [-0.05, 0) is 6.42 Å². The van der Waals surface area contributed by atoms with Crippen molar-refractivity contribution in [2.75, 3.05) is 0 Å². The number of carboxylic acid groups (broad SMARTS) is 1. The van der Waals surface area contributed by atoms with Crippen LogP contribution in [0.3, 0.4) is 0 Å². The Morgan fingerprint density at radius 3 is 3.08 bits per heavy atom. The molecule has 5 nitrogen and oxygen atoms in total. The zero-order valence-electron chi connectivity index (χ0n) is 6.15. The topological polar surface area (TPSA) is 83.6 Å². The van der Waals surface area contributed by atoms with Gasteiger partial charge in [0, 0.05) is 6.42 Å². The summed E-state index contributed by atoms with van der Waals surface area (Å²) >= 11 is 0. The Hall–Kier alpha value is -1.36. The molecular formula is C7H7NO4. The molecule has 0 spiro atoms. The lowest BCUT2D eigenvalue weighted by molar-refractivity contribution is 0.0677. The van der Waals surface area contributed by atoms with Crippen LogP contribution in [0.2, 0.25) is 0 Å². The minimum Gasteiger partial charge on any atom is -0.476 e. The molecule has 0 amide bonds. The average Bonchev–Trinajstić information content (AvgIpc) is 2.53. The molecule has 1 aromatic heterocycles. The Labute approximate surface area is 67.6 Å². The molecule has 12 heavy (non-hydrogen) atoms. The largest absolute Gasteiger partial charge is 0.476 e. The van der Waals surface area contributed by atoms with Crippen LogP contribution < -0.4 is 0 Å². The quantitative estimate of drug-likeness (QED) is 0.633. The number of hydrogen-bond donors (Lipinski definition) is 2. The first-order valence-electron chi connectivity index (χ1n) is 3.60. The normalized spacial score (nSPS) is 20.9. The molecule has 64 valence electrons. The number of aromatic nitrogens is 1. The van der Waals surface area contributed by atoms with Gasteiger partial charge in [-0.15, -0.1) is 0 Å². The molecule has 0 fully saturated rings. The van der Waals surface area contributed by atoms with Crippen LogP contribution in [-0.2, 0) is 6.42 Å². The van der Waals surface area contributed by atoms with Crippen LogP contribution >= 0.6 is 0 Å². The van der Waals surface area contributed by atoms with Crippen molar-refractivity contribution in [3.8, 4) is 0 Å². The number of hydrogen-bond acceptors (Lipinski definition) is 4. The monoisotopic (exact) mass is 169 g/mol. The SMILES string of the molecule is O=C(O)c1noc2c1C(O)CC2. The molecule has 1 aliphatic rings. The Bertz CT molecular complexity index is 330. The molecule has 0 saturated carbocycles. The van der Waals surface area contributed by atoms with E-state index < -0.39 is 12.1 Å². The lowest BCUT2D eigenvalue weighted by atomic mass is 10.2. The molecule has 0 bridgehead atoms. The highest BCUT2D eigenvalue weighted by Gasteiger charge is 2.31. The summed E-state index contributed by atoms with van der Waals surface area (Å²) in [6.07, 6.45) is 0.366. The van der Waals surface area contributed by atoms with Crippen LogP contribution in [0.1, 0.15) is 34.3 Å². The molecule has 5 heteroatoms. The van der Waals surface area contributed by atoms with Gasteiger partial charge in [0.2, 0.25) is 0 Å². The molecule has 0 aromatic carbocycles. The molecule has 2 N–H and O–H groups in total. The van der Waals surface area contributed by atoms with Crippen LogP contribution in [0.4, 0.5) is 0 Å². The van der Waals surface area contributed by atoms with Gasteiger partial charge in [0.25, 0.3) is 0 Å². The van der Waals surface area contributed by atoms with Crippen LogP contribution in [0, 0.1) is 0 Å². The predicted molar refractivity (Wildman–Crippen MR) is 36.7 cm³/mol. The number of carbonyl (C=O) groups is 1. The number of nitrogens with zero attached hydrogens (tertiary/aromatic N) is 1. The van der Waals surface area contributed by atoms with E-state index in [9.17, 15) is 9.90 Å². The van der Waals surface area contributed by atoms with E-state index in [1.54, 1.807) is 0 Å². The molecule has 1 unspecified atom stereocenters. The highest BCUT2D eigenvalue weighted by molar-refractivity contribution is 5.87. The minimum atomic E-state index is -1.15. The van der Waals surface area contributed by atoms with Gasteiger partial charge in [-0.3, -0.25) is 0 Å². The van der Waals surface area contributed by atoms with Gasteiger partial charge in [0.05, 0.1) is 11.7 Å². The van der Waals surface area contributed by atoms with Gasteiger partial charge >= 0.3 is 5.97 Å². The number of carboxylic acids is 1. The summed E-state index contributed by atoms with van der Waals surface area (Å²) in [6, 6.07) is 0. The molecule has 1 aromatic rings. The van der Waals surface area contributed by atoms with Crippen LogP contribution in [-0.4, -0.2) is 21.3 Å². The fourth-order valence-electron chi connectivity index (χ4n) is 1.42. The molecule has 1 aliphatic carbocycles. The van der Waals surface area contributed by atoms with Crippen LogP contribution in [0.5, 0.6) is 0 Å². The summed E-state index contributed by atoms with van der Waals surface area (Å²) in [6.45, 7) is 0. The second-order valence-corrected chi connectivity index (χ2v) is 2.73. The number of fused-ring (bicyclic) bond motifs is 1. The van der Waals surface area contributed by atoms with Gasteiger partial charge in [0.1, 0.15) is 5.76 Å².